The summed E-state index contributed by atoms with van der Waals surface area (Å²) in [4.78, 5) is 32.8. The number of aromatic nitrogens is 4. The van der Waals surface area contributed by atoms with Crippen LogP contribution in [0.5, 0.6) is 0 Å². The van der Waals surface area contributed by atoms with E-state index in [2.05, 4.69) is 15.0 Å². The van der Waals surface area contributed by atoms with Crippen LogP contribution in [0.2, 0.25) is 0 Å². The van der Waals surface area contributed by atoms with Gasteiger partial charge in [-0.05, 0) is 25.5 Å². The largest absolute Gasteiger partial charge is 0.332 e. The summed E-state index contributed by atoms with van der Waals surface area (Å²) in [7, 11) is 0. The summed E-state index contributed by atoms with van der Waals surface area (Å²) in [5.41, 5.74) is 0.0363. The summed E-state index contributed by atoms with van der Waals surface area (Å²) in [5.74, 6) is -0.178. The van der Waals surface area contributed by atoms with Crippen molar-refractivity contribution in [2.45, 2.75) is 20.4 Å². The molecule has 0 radical (unpaired) electrons. The lowest BCUT2D eigenvalue weighted by Crippen LogP contribution is -2.29. The molecule has 0 aliphatic heterocycles. The van der Waals surface area contributed by atoms with Gasteiger partial charge >= 0.3 is 5.69 Å². The lowest BCUT2D eigenvalue weighted by atomic mass is 10.1. The minimum absolute atomic E-state index is 0.160. The van der Waals surface area contributed by atoms with Crippen LogP contribution in [0.1, 0.15) is 12.5 Å². The normalized spacial score (nSPS) is 11.2. The molecule has 108 valence electrons. The number of aryl methyl sites for hydroxylation is 2. The first-order valence-corrected chi connectivity index (χ1v) is 6.51. The second-order valence-electron chi connectivity index (χ2n) is 4.72. The molecule has 3 rings (SSSR count). The maximum absolute atomic E-state index is 14.2. The molecule has 0 spiro atoms. The summed E-state index contributed by atoms with van der Waals surface area (Å²) in [6.07, 6.45) is 0. The maximum atomic E-state index is 14.2. The number of halogens is 1. The van der Waals surface area contributed by atoms with Gasteiger partial charge < -0.3 is 4.98 Å². The van der Waals surface area contributed by atoms with Crippen LogP contribution in [-0.4, -0.2) is 19.5 Å². The average molecular weight is 288 g/mol. The Kier molecular flexibility index (Phi) is 2.97. The number of hydrogen-bond donors (Lipinski definition) is 2. The second-order valence-corrected chi connectivity index (χ2v) is 4.72. The van der Waals surface area contributed by atoms with Crippen molar-refractivity contribution in [1.29, 1.82) is 0 Å². The first-order valence-electron chi connectivity index (χ1n) is 6.51. The van der Waals surface area contributed by atoms with Gasteiger partial charge in [0.05, 0.1) is 5.56 Å². The van der Waals surface area contributed by atoms with Gasteiger partial charge in [0.2, 0.25) is 0 Å². The van der Waals surface area contributed by atoms with E-state index in [0.29, 0.717) is 12.1 Å². The third-order valence-corrected chi connectivity index (χ3v) is 3.40. The zero-order valence-electron chi connectivity index (χ0n) is 11.5. The molecule has 0 saturated carbocycles. The van der Waals surface area contributed by atoms with Gasteiger partial charge in [-0.25, -0.2) is 14.2 Å². The van der Waals surface area contributed by atoms with E-state index in [9.17, 15) is 14.0 Å². The number of hydrogen-bond acceptors (Lipinski definition) is 3. The molecule has 0 unspecified atom stereocenters. The van der Waals surface area contributed by atoms with Gasteiger partial charge in [0.25, 0.3) is 5.56 Å². The summed E-state index contributed by atoms with van der Waals surface area (Å²) < 4.78 is 15.5. The quantitative estimate of drug-likeness (QED) is 0.750. The number of rotatable bonds is 2. The fraction of sp³-hybridized carbons (Fsp3) is 0.214. The van der Waals surface area contributed by atoms with Gasteiger partial charge in [-0.1, -0.05) is 12.1 Å². The Balaban J connectivity index is 2.37. The predicted octanol–water partition coefficient (Wildman–Crippen LogP) is 1.55. The van der Waals surface area contributed by atoms with Gasteiger partial charge in [0.15, 0.2) is 5.65 Å². The van der Waals surface area contributed by atoms with Crippen molar-refractivity contribution in [2.24, 2.45) is 0 Å². The predicted molar refractivity (Wildman–Crippen MR) is 76.8 cm³/mol. The van der Waals surface area contributed by atoms with Crippen LogP contribution in [0.4, 0.5) is 4.39 Å². The Labute approximate surface area is 118 Å². The molecule has 2 heterocycles. The third-order valence-electron chi connectivity index (χ3n) is 3.40. The molecule has 6 nitrogen and oxygen atoms in total. The standard InChI is InChI=1S/C14H13FN4O2/c1-3-19-12-10(13(20)18-14(19)21)16-11(17-12)8-6-4-5-7(2)9(8)15/h4-6H,3H2,1-2H3,(H,16,17)(H,18,20,21). The zero-order chi connectivity index (χ0) is 15.1. The van der Waals surface area contributed by atoms with Crippen molar-refractivity contribution in [2.75, 3.05) is 0 Å². The molecule has 0 saturated heterocycles. The molecule has 0 amide bonds. The van der Waals surface area contributed by atoms with Crippen LogP contribution in [0, 0.1) is 12.7 Å². The Morgan fingerprint density at radius 3 is 2.76 bits per heavy atom. The number of fused-ring (bicyclic) bond motifs is 1. The molecule has 3 aromatic rings. The van der Waals surface area contributed by atoms with E-state index in [1.165, 1.54) is 4.57 Å². The molecular formula is C14H13FN4O2. The van der Waals surface area contributed by atoms with Crippen LogP contribution < -0.4 is 11.2 Å². The highest BCUT2D eigenvalue weighted by molar-refractivity contribution is 5.75. The van der Waals surface area contributed by atoms with Crippen molar-refractivity contribution in [1.82, 2.24) is 19.5 Å². The van der Waals surface area contributed by atoms with Gasteiger partial charge in [0.1, 0.15) is 17.2 Å². The number of benzene rings is 1. The van der Waals surface area contributed by atoms with E-state index < -0.39 is 17.1 Å². The van der Waals surface area contributed by atoms with Crippen LogP contribution in [0.25, 0.3) is 22.6 Å². The molecule has 0 atom stereocenters. The lowest BCUT2D eigenvalue weighted by Gasteiger charge is -2.01. The van der Waals surface area contributed by atoms with Crippen molar-refractivity contribution in [3.05, 3.63) is 50.4 Å². The van der Waals surface area contributed by atoms with Gasteiger partial charge in [-0.3, -0.25) is 14.3 Å². The molecule has 21 heavy (non-hydrogen) atoms. The Bertz CT molecular complexity index is 952. The number of imidazole rings is 1. The molecule has 7 heteroatoms. The summed E-state index contributed by atoms with van der Waals surface area (Å²) in [5, 5.41) is 0. The summed E-state index contributed by atoms with van der Waals surface area (Å²) in [6, 6.07) is 4.93. The third kappa shape index (κ3) is 1.97. The van der Waals surface area contributed by atoms with E-state index in [1.54, 1.807) is 32.0 Å². The monoisotopic (exact) mass is 288 g/mol. The van der Waals surface area contributed by atoms with E-state index in [0.717, 1.165) is 0 Å². The Morgan fingerprint density at radius 1 is 1.29 bits per heavy atom. The van der Waals surface area contributed by atoms with E-state index in [1.807, 2.05) is 0 Å². The molecule has 0 aliphatic carbocycles. The maximum Gasteiger partial charge on any atom is 0.330 e. The topological polar surface area (TPSA) is 83.5 Å². The Hall–Kier alpha value is -2.70. The summed E-state index contributed by atoms with van der Waals surface area (Å²) >= 11 is 0. The Morgan fingerprint density at radius 2 is 2.05 bits per heavy atom. The summed E-state index contributed by atoms with van der Waals surface area (Å²) in [6.45, 7) is 3.77. The highest BCUT2D eigenvalue weighted by Crippen LogP contribution is 2.23. The first kappa shape index (κ1) is 13.3. The lowest BCUT2D eigenvalue weighted by molar-refractivity contribution is 0.621. The fourth-order valence-electron chi connectivity index (χ4n) is 2.29. The van der Waals surface area contributed by atoms with Crippen molar-refractivity contribution in [3.63, 3.8) is 0 Å². The highest BCUT2D eigenvalue weighted by atomic mass is 19.1. The number of H-pyrrole nitrogens is 2. The molecule has 2 N–H and O–H groups in total. The van der Waals surface area contributed by atoms with Crippen molar-refractivity contribution in [3.8, 4) is 11.4 Å². The molecule has 0 bridgehead atoms. The van der Waals surface area contributed by atoms with Crippen molar-refractivity contribution >= 4 is 11.2 Å². The van der Waals surface area contributed by atoms with Crippen LogP contribution >= 0.6 is 0 Å². The highest BCUT2D eigenvalue weighted by Gasteiger charge is 2.16. The zero-order valence-corrected chi connectivity index (χ0v) is 11.5. The average Bonchev–Trinajstić information content (AvgIpc) is 2.87. The fourth-order valence-corrected chi connectivity index (χ4v) is 2.29. The first-order chi connectivity index (χ1) is 10.0. The van der Waals surface area contributed by atoms with Gasteiger partial charge in [-0.2, -0.15) is 0 Å². The van der Waals surface area contributed by atoms with Gasteiger partial charge in [0, 0.05) is 6.54 Å². The van der Waals surface area contributed by atoms with Crippen molar-refractivity contribution < 1.29 is 4.39 Å². The van der Waals surface area contributed by atoms with Gasteiger partial charge in [-0.15, -0.1) is 0 Å². The molecular weight excluding hydrogens is 275 g/mol. The smallest absolute Gasteiger partial charge is 0.330 e. The number of nitrogens with one attached hydrogen (secondary N) is 2. The minimum atomic E-state index is -0.563. The number of aromatic amines is 2. The van der Waals surface area contributed by atoms with Crippen LogP contribution in [-0.2, 0) is 6.54 Å². The van der Waals surface area contributed by atoms with E-state index in [-0.39, 0.29) is 22.6 Å². The SMILES string of the molecule is CCn1c(=O)[nH]c(=O)c2[nH]c(-c3cccc(C)c3F)nc21. The van der Waals surface area contributed by atoms with Crippen LogP contribution in [0.15, 0.2) is 27.8 Å². The number of nitrogens with zero attached hydrogens (tertiary/aromatic N) is 2. The molecule has 2 aromatic heterocycles. The van der Waals surface area contributed by atoms with Crippen LogP contribution in [0.3, 0.4) is 0 Å². The molecule has 0 aliphatic rings. The van der Waals surface area contributed by atoms with E-state index in [4.69, 9.17) is 0 Å². The second kappa shape index (κ2) is 4.69. The van der Waals surface area contributed by atoms with E-state index >= 15 is 0 Å². The molecule has 0 fully saturated rings. The molecule has 1 aromatic carbocycles. The minimum Gasteiger partial charge on any atom is -0.332 e.